The van der Waals surface area contributed by atoms with Gasteiger partial charge < -0.3 is 9.47 Å². The second kappa shape index (κ2) is 8.89. The van der Waals surface area contributed by atoms with Crippen LogP contribution in [0.25, 0.3) is 6.08 Å². The zero-order valence-electron chi connectivity index (χ0n) is 13.7. The molecule has 6 nitrogen and oxygen atoms in total. The van der Waals surface area contributed by atoms with Crippen LogP contribution in [0.2, 0.25) is 0 Å². The van der Waals surface area contributed by atoms with Crippen molar-refractivity contribution >= 4 is 33.8 Å². The largest absolute Gasteiger partial charge is 0.493 e. The topological polar surface area (TPSA) is 76.7 Å². The second-order valence-corrected chi connectivity index (χ2v) is 5.72. The minimum Gasteiger partial charge on any atom is -0.493 e. The molecule has 0 aliphatic heterocycles. The lowest BCUT2D eigenvalue weighted by Gasteiger charge is -2.10. The van der Waals surface area contributed by atoms with Crippen LogP contribution in [0.3, 0.4) is 0 Å². The summed E-state index contributed by atoms with van der Waals surface area (Å²) in [5.41, 5.74) is 5.84. The van der Waals surface area contributed by atoms with Crippen LogP contribution < -0.4 is 20.3 Å². The molecule has 2 amide bonds. The fourth-order valence-corrected chi connectivity index (χ4v) is 2.40. The maximum absolute atomic E-state index is 12.1. The molecule has 2 aromatic carbocycles. The monoisotopic (exact) mass is 404 g/mol. The number of hydrogen-bond acceptors (Lipinski definition) is 4. The van der Waals surface area contributed by atoms with Crippen LogP contribution in [-0.2, 0) is 4.79 Å². The molecule has 2 N–H and O–H groups in total. The van der Waals surface area contributed by atoms with Gasteiger partial charge in [0.05, 0.1) is 14.2 Å². The van der Waals surface area contributed by atoms with Gasteiger partial charge in [0.2, 0.25) is 0 Å². The molecule has 130 valence electrons. The maximum atomic E-state index is 12.1. The van der Waals surface area contributed by atoms with Gasteiger partial charge in [0.1, 0.15) is 0 Å². The lowest BCUT2D eigenvalue weighted by Crippen LogP contribution is -2.40. The molecule has 0 bridgehead atoms. The first-order chi connectivity index (χ1) is 12.0. The van der Waals surface area contributed by atoms with Crippen molar-refractivity contribution in [2.45, 2.75) is 0 Å². The molecular formula is C18H17BrN2O4. The molecule has 0 saturated carbocycles. The SMILES string of the molecule is COc1ccc(C(=O)NNC(=O)/C=C/c2ccccc2Br)cc1OC. The summed E-state index contributed by atoms with van der Waals surface area (Å²) >= 11 is 3.39. The molecule has 0 aromatic heterocycles. The zero-order valence-corrected chi connectivity index (χ0v) is 15.3. The van der Waals surface area contributed by atoms with Crippen LogP contribution in [0.4, 0.5) is 0 Å². The number of carbonyl (C=O) groups excluding carboxylic acids is 2. The molecule has 0 aliphatic rings. The quantitative estimate of drug-likeness (QED) is 0.593. The van der Waals surface area contributed by atoms with E-state index >= 15 is 0 Å². The van der Waals surface area contributed by atoms with E-state index in [1.54, 1.807) is 18.2 Å². The third-order valence-electron chi connectivity index (χ3n) is 3.26. The summed E-state index contributed by atoms with van der Waals surface area (Å²) < 4.78 is 11.1. The van der Waals surface area contributed by atoms with Crippen molar-refractivity contribution in [1.29, 1.82) is 0 Å². The van der Waals surface area contributed by atoms with Crippen molar-refractivity contribution in [3.8, 4) is 11.5 Å². The van der Waals surface area contributed by atoms with E-state index in [0.717, 1.165) is 10.0 Å². The number of amides is 2. The van der Waals surface area contributed by atoms with E-state index in [1.807, 2.05) is 24.3 Å². The standard InChI is InChI=1S/C18H17BrN2O4/c1-24-15-9-7-13(11-16(15)25-2)18(23)21-20-17(22)10-8-12-5-3-4-6-14(12)19/h3-11H,1-2H3,(H,20,22)(H,21,23)/b10-8+. The second-order valence-electron chi connectivity index (χ2n) is 4.87. The van der Waals surface area contributed by atoms with E-state index in [2.05, 4.69) is 26.8 Å². The molecule has 2 aromatic rings. The minimum atomic E-state index is -0.469. The summed E-state index contributed by atoms with van der Waals surface area (Å²) in [7, 11) is 2.99. The average molecular weight is 405 g/mol. The van der Waals surface area contributed by atoms with Gasteiger partial charge in [-0.2, -0.15) is 0 Å². The smallest absolute Gasteiger partial charge is 0.269 e. The minimum absolute atomic E-state index is 0.327. The van der Waals surface area contributed by atoms with E-state index in [1.165, 1.54) is 26.4 Å². The number of methoxy groups -OCH3 is 2. The van der Waals surface area contributed by atoms with Gasteiger partial charge in [-0.1, -0.05) is 34.1 Å². The highest BCUT2D eigenvalue weighted by Gasteiger charge is 2.11. The highest BCUT2D eigenvalue weighted by Crippen LogP contribution is 2.27. The molecular weight excluding hydrogens is 388 g/mol. The van der Waals surface area contributed by atoms with Gasteiger partial charge >= 0.3 is 0 Å². The van der Waals surface area contributed by atoms with Gasteiger partial charge in [0.25, 0.3) is 11.8 Å². The highest BCUT2D eigenvalue weighted by molar-refractivity contribution is 9.10. The molecule has 25 heavy (non-hydrogen) atoms. The molecule has 0 heterocycles. The molecule has 7 heteroatoms. The van der Waals surface area contributed by atoms with Gasteiger partial charge in [-0.25, -0.2) is 0 Å². The molecule has 0 aliphatic carbocycles. The predicted molar refractivity (Wildman–Crippen MR) is 98.3 cm³/mol. The Kier molecular flexibility index (Phi) is 6.59. The fraction of sp³-hybridized carbons (Fsp3) is 0.111. The van der Waals surface area contributed by atoms with Crippen molar-refractivity contribution < 1.29 is 19.1 Å². The fourth-order valence-electron chi connectivity index (χ4n) is 1.99. The van der Waals surface area contributed by atoms with Gasteiger partial charge in [-0.3, -0.25) is 20.4 Å². The third kappa shape index (κ3) is 5.09. The van der Waals surface area contributed by atoms with Crippen LogP contribution in [0.5, 0.6) is 11.5 Å². The molecule has 0 unspecified atom stereocenters. The van der Waals surface area contributed by atoms with Gasteiger partial charge in [-0.05, 0) is 35.9 Å². The Morgan fingerprint density at radius 2 is 1.72 bits per heavy atom. The number of halogens is 1. The van der Waals surface area contributed by atoms with Crippen LogP contribution in [0.1, 0.15) is 15.9 Å². The highest BCUT2D eigenvalue weighted by atomic mass is 79.9. The molecule has 0 radical (unpaired) electrons. The van der Waals surface area contributed by atoms with Crippen molar-refractivity contribution in [3.05, 3.63) is 64.1 Å². The predicted octanol–water partition coefficient (Wildman–Crippen LogP) is 2.94. The number of nitrogens with one attached hydrogen (secondary N) is 2. The van der Waals surface area contributed by atoms with E-state index in [4.69, 9.17) is 9.47 Å². The first-order valence-electron chi connectivity index (χ1n) is 7.30. The van der Waals surface area contributed by atoms with Crippen molar-refractivity contribution in [1.82, 2.24) is 10.9 Å². The third-order valence-corrected chi connectivity index (χ3v) is 3.99. The van der Waals surface area contributed by atoms with Crippen LogP contribution >= 0.6 is 15.9 Å². The number of carbonyl (C=O) groups is 2. The van der Waals surface area contributed by atoms with Crippen LogP contribution in [0, 0.1) is 0 Å². The first kappa shape index (κ1) is 18.5. The van der Waals surface area contributed by atoms with E-state index in [9.17, 15) is 9.59 Å². The van der Waals surface area contributed by atoms with E-state index in [-0.39, 0.29) is 0 Å². The normalized spacial score (nSPS) is 10.4. The van der Waals surface area contributed by atoms with Crippen molar-refractivity contribution in [3.63, 3.8) is 0 Å². The molecule has 0 fully saturated rings. The van der Waals surface area contributed by atoms with Gasteiger partial charge in [0, 0.05) is 16.1 Å². The van der Waals surface area contributed by atoms with Crippen molar-refractivity contribution in [2.24, 2.45) is 0 Å². The lowest BCUT2D eigenvalue weighted by atomic mass is 10.2. The Labute approximate surface area is 153 Å². The summed E-state index contributed by atoms with van der Waals surface area (Å²) in [6.07, 6.45) is 2.97. The molecule has 0 spiro atoms. The Morgan fingerprint density at radius 3 is 2.40 bits per heavy atom. The Hall–Kier alpha value is -2.80. The Bertz CT molecular complexity index is 805. The lowest BCUT2D eigenvalue weighted by molar-refractivity contribution is -0.117. The zero-order chi connectivity index (χ0) is 18.2. The number of hydrazine groups is 1. The van der Waals surface area contributed by atoms with E-state index < -0.39 is 11.8 Å². The maximum Gasteiger partial charge on any atom is 0.269 e. The molecule has 2 rings (SSSR count). The first-order valence-corrected chi connectivity index (χ1v) is 8.09. The summed E-state index contributed by atoms with van der Waals surface area (Å²) in [5.74, 6) is 0.0166. The summed E-state index contributed by atoms with van der Waals surface area (Å²) in [6.45, 7) is 0. The van der Waals surface area contributed by atoms with Gasteiger partial charge in [-0.15, -0.1) is 0 Å². The summed E-state index contributed by atoms with van der Waals surface area (Å²) in [6, 6.07) is 12.2. The van der Waals surface area contributed by atoms with E-state index in [0.29, 0.717) is 17.1 Å². The number of rotatable bonds is 5. The van der Waals surface area contributed by atoms with Crippen LogP contribution in [-0.4, -0.2) is 26.0 Å². The number of hydrogen-bond donors (Lipinski definition) is 2. The number of benzene rings is 2. The van der Waals surface area contributed by atoms with Crippen molar-refractivity contribution in [2.75, 3.05) is 14.2 Å². The number of ether oxygens (including phenoxy) is 2. The molecule has 0 atom stereocenters. The Balaban J connectivity index is 1.95. The Morgan fingerprint density at radius 1 is 1.00 bits per heavy atom. The summed E-state index contributed by atoms with van der Waals surface area (Å²) in [5, 5.41) is 0. The van der Waals surface area contributed by atoms with Gasteiger partial charge in [0.15, 0.2) is 11.5 Å². The van der Waals surface area contributed by atoms with Crippen LogP contribution in [0.15, 0.2) is 53.0 Å². The summed E-state index contributed by atoms with van der Waals surface area (Å²) in [4.78, 5) is 23.9. The average Bonchev–Trinajstić information content (AvgIpc) is 2.64. The molecule has 0 saturated heterocycles.